The van der Waals surface area contributed by atoms with Crippen LogP contribution in [0.25, 0.3) is 0 Å². The first kappa shape index (κ1) is 6.27. The second kappa shape index (κ2) is 2.02. The third kappa shape index (κ3) is 0.869. The Hall–Kier alpha value is -1.45. The molecular formula is C7H8N2O2. The molecule has 1 aliphatic rings. The van der Waals surface area contributed by atoms with E-state index in [1.54, 1.807) is 13.0 Å². The molecule has 1 amide bonds. The summed E-state index contributed by atoms with van der Waals surface area (Å²) in [5.41, 5.74) is 0.716. The number of nitrogens with one attached hydrogen (secondary N) is 2. The van der Waals surface area contributed by atoms with Crippen molar-refractivity contribution in [3.05, 3.63) is 12.3 Å². The van der Waals surface area contributed by atoms with Crippen LogP contribution in [0.5, 0.6) is 0 Å². The van der Waals surface area contributed by atoms with Crippen molar-refractivity contribution in [1.82, 2.24) is 0 Å². The Bertz CT molecular complexity index is 292. The van der Waals surface area contributed by atoms with Crippen molar-refractivity contribution < 1.29 is 9.21 Å². The van der Waals surface area contributed by atoms with Crippen LogP contribution in [0.4, 0.5) is 11.6 Å². The van der Waals surface area contributed by atoms with Gasteiger partial charge in [0.25, 0.3) is 0 Å². The molecule has 0 aliphatic carbocycles. The molecule has 0 aromatic carbocycles. The van der Waals surface area contributed by atoms with Gasteiger partial charge in [-0.1, -0.05) is 0 Å². The van der Waals surface area contributed by atoms with Crippen LogP contribution in [0.3, 0.4) is 0 Å². The van der Waals surface area contributed by atoms with Gasteiger partial charge in [0.05, 0.1) is 6.26 Å². The lowest BCUT2D eigenvalue weighted by Gasteiger charge is -2.19. The molecule has 1 aliphatic heterocycles. The van der Waals surface area contributed by atoms with Crippen LogP contribution in [0.1, 0.15) is 6.92 Å². The Morgan fingerprint density at radius 3 is 3.27 bits per heavy atom. The third-order valence-corrected chi connectivity index (χ3v) is 1.66. The Balaban J connectivity index is 2.37. The van der Waals surface area contributed by atoms with Crippen molar-refractivity contribution >= 4 is 17.5 Å². The van der Waals surface area contributed by atoms with Gasteiger partial charge in [-0.3, -0.25) is 4.79 Å². The van der Waals surface area contributed by atoms with E-state index >= 15 is 0 Å². The third-order valence-electron chi connectivity index (χ3n) is 1.66. The summed E-state index contributed by atoms with van der Waals surface area (Å²) in [4.78, 5) is 11.0. The van der Waals surface area contributed by atoms with Gasteiger partial charge in [-0.05, 0) is 6.92 Å². The second-order valence-electron chi connectivity index (χ2n) is 2.52. The molecule has 11 heavy (non-hydrogen) atoms. The molecule has 2 rings (SSSR count). The molecule has 0 radical (unpaired) electrons. The highest BCUT2D eigenvalue weighted by Gasteiger charge is 2.22. The number of fused-ring (bicyclic) bond motifs is 1. The zero-order valence-electron chi connectivity index (χ0n) is 6.05. The molecule has 0 saturated heterocycles. The highest BCUT2D eigenvalue weighted by atomic mass is 16.3. The summed E-state index contributed by atoms with van der Waals surface area (Å²) in [6, 6.07) is 1.50. The van der Waals surface area contributed by atoms with E-state index in [0.717, 1.165) is 0 Å². The summed E-state index contributed by atoms with van der Waals surface area (Å²) < 4.78 is 5.05. The number of carbonyl (C=O) groups excluding carboxylic acids is 1. The second-order valence-corrected chi connectivity index (χ2v) is 2.52. The number of anilines is 2. The predicted octanol–water partition coefficient (Wildman–Crippen LogP) is 1.03. The van der Waals surface area contributed by atoms with Gasteiger partial charge < -0.3 is 15.1 Å². The number of rotatable bonds is 0. The van der Waals surface area contributed by atoms with Crippen molar-refractivity contribution in [3.63, 3.8) is 0 Å². The molecular weight excluding hydrogens is 144 g/mol. The van der Waals surface area contributed by atoms with Crippen molar-refractivity contribution in [2.75, 3.05) is 10.6 Å². The Morgan fingerprint density at radius 1 is 1.64 bits per heavy atom. The van der Waals surface area contributed by atoms with Crippen LogP contribution in [-0.4, -0.2) is 11.9 Å². The number of hydrogen-bond acceptors (Lipinski definition) is 3. The molecule has 0 fully saturated rings. The lowest BCUT2D eigenvalue weighted by molar-refractivity contribution is -0.116. The minimum atomic E-state index is -0.214. The maximum atomic E-state index is 11.0. The smallest absolute Gasteiger partial charge is 0.246 e. The standard InChI is InChI=1S/C7H8N2O2/c1-4-6(10)9-5-2-3-11-7(5)8-4/h2-4,8H,1H3,(H,9,10). The predicted molar refractivity (Wildman–Crippen MR) is 40.4 cm³/mol. The minimum absolute atomic E-state index is 0.0288. The fraction of sp³-hybridized carbons (Fsp3) is 0.286. The molecule has 58 valence electrons. The van der Waals surface area contributed by atoms with Crippen LogP contribution >= 0.6 is 0 Å². The van der Waals surface area contributed by atoms with E-state index in [1.807, 2.05) is 0 Å². The Labute approximate surface area is 63.6 Å². The van der Waals surface area contributed by atoms with E-state index in [-0.39, 0.29) is 11.9 Å². The number of carbonyl (C=O) groups is 1. The van der Waals surface area contributed by atoms with Gasteiger partial charge in [0, 0.05) is 6.07 Å². The van der Waals surface area contributed by atoms with Gasteiger partial charge in [-0.15, -0.1) is 0 Å². The van der Waals surface area contributed by atoms with Crippen LogP contribution in [0.15, 0.2) is 16.7 Å². The summed E-state index contributed by atoms with van der Waals surface area (Å²) >= 11 is 0. The average molecular weight is 152 g/mol. The van der Waals surface area contributed by atoms with Gasteiger partial charge in [0.1, 0.15) is 11.7 Å². The van der Waals surface area contributed by atoms with Crippen molar-refractivity contribution in [3.8, 4) is 0 Å². The van der Waals surface area contributed by atoms with Crippen LogP contribution in [-0.2, 0) is 4.79 Å². The van der Waals surface area contributed by atoms with E-state index in [1.165, 1.54) is 6.26 Å². The van der Waals surface area contributed by atoms with E-state index < -0.39 is 0 Å². The highest BCUT2D eigenvalue weighted by molar-refractivity contribution is 6.01. The summed E-state index contributed by atoms with van der Waals surface area (Å²) in [6.45, 7) is 1.78. The lowest BCUT2D eigenvalue weighted by atomic mass is 10.2. The first-order chi connectivity index (χ1) is 5.27. The minimum Gasteiger partial charge on any atom is -0.447 e. The molecule has 0 spiro atoms. The number of furan rings is 1. The first-order valence-electron chi connectivity index (χ1n) is 3.42. The molecule has 1 aromatic heterocycles. The fourth-order valence-electron chi connectivity index (χ4n) is 1.02. The SMILES string of the molecule is CC1Nc2occc2NC1=O. The zero-order valence-corrected chi connectivity index (χ0v) is 6.05. The van der Waals surface area contributed by atoms with Crippen LogP contribution < -0.4 is 10.6 Å². The first-order valence-corrected chi connectivity index (χ1v) is 3.42. The molecule has 1 atom stereocenters. The highest BCUT2D eigenvalue weighted by Crippen LogP contribution is 2.26. The fourth-order valence-corrected chi connectivity index (χ4v) is 1.02. The Morgan fingerprint density at radius 2 is 2.45 bits per heavy atom. The van der Waals surface area contributed by atoms with Gasteiger partial charge in [-0.25, -0.2) is 0 Å². The Kier molecular flexibility index (Phi) is 1.15. The van der Waals surface area contributed by atoms with Gasteiger partial charge in [0.2, 0.25) is 11.8 Å². The van der Waals surface area contributed by atoms with Gasteiger partial charge in [0.15, 0.2) is 0 Å². The molecule has 0 bridgehead atoms. The maximum Gasteiger partial charge on any atom is 0.246 e. The molecule has 4 nitrogen and oxygen atoms in total. The number of amides is 1. The molecule has 1 aromatic rings. The number of hydrogen-bond donors (Lipinski definition) is 2. The van der Waals surface area contributed by atoms with E-state index in [9.17, 15) is 4.79 Å². The molecule has 4 heteroatoms. The largest absolute Gasteiger partial charge is 0.447 e. The maximum absolute atomic E-state index is 11.0. The quantitative estimate of drug-likeness (QED) is 0.583. The summed E-state index contributed by atoms with van der Waals surface area (Å²) in [5, 5.41) is 5.61. The van der Waals surface area contributed by atoms with E-state index in [0.29, 0.717) is 11.6 Å². The molecule has 1 unspecified atom stereocenters. The lowest BCUT2D eigenvalue weighted by Crippen LogP contribution is -2.35. The van der Waals surface area contributed by atoms with Gasteiger partial charge >= 0.3 is 0 Å². The van der Waals surface area contributed by atoms with E-state index in [4.69, 9.17) is 4.42 Å². The topological polar surface area (TPSA) is 54.3 Å². The molecule has 2 N–H and O–H groups in total. The average Bonchev–Trinajstić information content (AvgIpc) is 2.36. The van der Waals surface area contributed by atoms with Crippen molar-refractivity contribution in [2.24, 2.45) is 0 Å². The van der Waals surface area contributed by atoms with Gasteiger partial charge in [-0.2, -0.15) is 0 Å². The van der Waals surface area contributed by atoms with E-state index in [2.05, 4.69) is 10.6 Å². The molecule has 2 heterocycles. The molecule has 0 saturated carbocycles. The zero-order chi connectivity index (χ0) is 7.84. The normalized spacial score (nSPS) is 21.9. The summed E-state index contributed by atoms with van der Waals surface area (Å²) in [7, 11) is 0. The summed E-state index contributed by atoms with van der Waals surface area (Å²) in [6.07, 6.45) is 1.54. The van der Waals surface area contributed by atoms with Crippen molar-refractivity contribution in [2.45, 2.75) is 13.0 Å². The summed E-state index contributed by atoms with van der Waals surface area (Å²) in [5.74, 6) is 0.607. The van der Waals surface area contributed by atoms with Crippen LogP contribution in [0, 0.1) is 0 Å². The van der Waals surface area contributed by atoms with Crippen LogP contribution in [0.2, 0.25) is 0 Å². The monoisotopic (exact) mass is 152 g/mol. The van der Waals surface area contributed by atoms with Crippen molar-refractivity contribution in [1.29, 1.82) is 0 Å².